The van der Waals surface area contributed by atoms with Crippen molar-refractivity contribution in [2.45, 2.75) is 26.2 Å². The number of benzene rings is 1. The van der Waals surface area contributed by atoms with Crippen LogP contribution in [0, 0.1) is 11.3 Å². The fourth-order valence-corrected chi connectivity index (χ4v) is 2.93. The van der Waals surface area contributed by atoms with Gasteiger partial charge < -0.3 is 29.8 Å². The lowest BCUT2D eigenvalue weighted by Gasteiger charge is -2.28. The Hall–Kier alpha value is -3.67. The lowest BCUT2D eigenvalue weighted by Crippen LogP contribution is -2.27. The van der Waals surface area contributed by atoms with Crippen LogP contribution in [0.5, 0.6) is 11.5 Å². The van der Waals surface area contributed by atoms with Crippen LogP contribution >= 0.6 is 0 Å². The number of ether oxygens (including phenoxy) is 4. The molecule has 0 radical (unpaired) electrons. The smallest absolute Gasteiger partial charge is 0.338 e. The van der Waals surface area contributed by atoms with E-state index in [0.29, 0.717) is 5.56 Å². The van der Waals surface area contributed by atoms with E-state index >= 15 is 0 Å². The maximum atomic E-state index is 12.8. The topological polar surface area (TPSA) is 141 Å². The SMILES string of the molecule is CCOC(=O)CC1=C(C(=O)OCC)C(c2ccc(O)c(OC)c2)C(C#N)=C(N)O1. The second-order valence-electron chi connectivity index (χ2n) is 5.90. The van der Waals surface area contributed by atoms with Crippen molar-refractivity contribution in [3.05, 3.63) is 46.6 Å². The van der Waals surface area contributed by atoms with Gasteiger partial charge in [-0.05, 0) is 31.5 Å². The van der Waals surface area contributed by atoms with E-state index in [2.05, 4.69) is 0 Å². The van der Waals surface area contributed by atoms with Crippen molar-refractivity contribution in [2.75, 3.05) is 20.3 Å². The summed E-state index contributed by atoms with van der Waals surface area (Å²) in [5.74, 6) is -2.64. The number of allylic oxidation sites excluding steroid dienone is 1. The Labute approximate surface area is 167 Å². The summed E-state index contributed by atoms with van der Waals surface area (Å²) in [5.41, 5.74) is 6.26. The van der Waals surface area contributed by atoms with Crippen LogP contribution in [0.2, 0.25) is 0 Å². The third kappa shape index (κ3) is 4.60. The lowest BCUT2D eigenvalue weighted by molar-refractivity contribution is -0.143. The number of carbonyl (C=O) groups is 2. The molecule has 29 heavy (non-hydrogen) atoms. The zero-order valence-electron chi connectivity index (χ0n) is 16.4. The molecule has 9 heteroatoms. The lowest BCUT2D eigenvalue weighted by atomic mass is 9.82. The molecule has 0 aromatic heterocycles. The van der Waals surface area contributed by atoms with Crippen LogP contribution in [0.15, 0.2) is 41.0 Å². The highest BCUT2D eigenvalue weighted by atomic mass is 16.5. The fraction of sp³-hybridized carbons (Fsp3) is 0.350. The normalized spacial score (nSPS) is 16.0. The van der Waals surface area contributed by atoms with Gasteiger partial charge in [0.15, 0.2) is 11.5 Å². The Balaban J connectivity index is 2.69. The van der Waals surface area contributed by atoms with Crippen molar-refractivity contribution < 1.29 is 33.6 Å². The van der Waals surface area contributed by atoms with Gasteiger partial charge in [-0.25, -0.2) is 4.79 Å². The number of hydrogen-bond acceptors (Lipinski definition) is 9. The molecule has 2 rings (SSSR count). The number of nitrogens with zero attached hydrogens (tertiary/aromatic N) is 1. The van der Waals surface area contributed by atoms with E-state index in [-0.39, 0.29) is 53.9 Å². The van der Waals surface area contributed by atoms with E-state index < -0.39 is 17.9 Å². The first-order valence-electron chi connectivity index (χ1n) is 8.88. The summed E-state index contributed by atoms with van der Waals surface area (Å²) < 4.78 is 20.6. The number of nitrogens with two attached hydrogens (primary N) is 1. The first-order valence-corrected chi connectivity index (χ1v) is 8.88. The molecule has 154 valence electrons. The zero-order chi connectivity index (χ0) is 21.6. The summed E-state index contributed by atoms with van der Waals surface area (Å²) in [6.45, 7) is 3.49. The van der Waals surface area contributed by atoms with Gasteiger partial charge in [-0.15, -0.1) is 0 Å². The second kappa shape index (κ2) is 9.50. The molecule has 1 heterocycles. The predicted octanol–water partition coefficient (Wildman–Crippen LogP) is 1.98. The van der Waals surface area contributed by atoms with Crippen LogP contribution in [0.25, 0.3) is 0 Å². The van der Waals surface area contributed by atoms with Gasteiger partial charge in [0, 0.05) is 0 Å². The molecule has 0 fully saturated rings. The van der Waals surface area contributed by atoms with Crippen LogP contribution < -0.4 is 10.5 Å². The van der Waals surface area contributed by atoms with Crippen LogP contribution in [0.4, 0.5) is 0 Å². The number of rotatable bonds is 7. The summed E-state index contributed by atoms with van der Waals surface area (Å²) in [6.07, 6.45) is -0.368. The molecule has 1 unspecified atom stereocenters. The van der Waals surface area contributed by atoms with Gasteiger partial charge in [-0.2, -0.15) is 5.26 Å². The van der Waals surface area contributed by atoms with E-state index in [0.717, 1.165) is 0 Å². The average Bonchev–Trinajstić information content (AvgIpc) is 2.68. The first kappa shape index (κ1) is 21.6. The standard InChI is InChI=1S/C20H22N2O7/c1-4-27-16(24)9-15-18(20(25)28-5-2)17(12(10-21)19(22)29-15)11-6-7-13(23)14(8-11)26-3/h6-8,17,23H,4-5,9,22H2,1-3H3. The minimum absolute atomic E-state index is 0.0339. The molecule has 1 aliphatic heterocycles. The van der Waals surface area contributed by atoms with E-state index in [4.69, 9.17) is 24.7 Å². The molecule has 0 aliphatic carbocycles. The van der Waals surface area contributed by atoms with Gasteiger partial charge >= 0.3 is 11.9 Å². The first-order chi connectivity index (χ1) is 13.9. The molecule has 0 saturated carbocycles. The molecular weight excluding hydrogens is 380 g/mol. The minimum Gasteiger partial charge on any atom is -0.504 e. The Morgan fingerprint density at radius 3 is 2.55 bits per heavy atom. The molecule has 0 bridgehead atoms. The number of esters is 2. The third-order valence-corrected chi connectivity index (χ3v) is 4.14. The number of methoxy groups -OCH3 is 1. The van der Waals surface area contributed by atoms with Crippen molar-refractivity contribution in [1.29, 1.82) is 5.26 Å². The number of carbonyl (C=O) groups excluding carboxylic acids is 2. The minimum atomic E-state index is -0.980. The highest BCUT2D eigenvalue weighted by molar-refractivity contribution is 5.93. The van der Waals surface area contributed by atoms with Crippen LogP contribution in [0.1, 0.15) is 31.7 Å². The highest BCUT2D eigenvalue weighted by Gasteiger charge is 2.38. The number of phenols is 1. The van der Waals surface area contributed by atoms with Crippen molar-refractivity contribution in [1.82, 2.24) is 0 Å². The van der Waals surface area contributed by atoms with Gasteiger partial charge in [-0.3, -0.25) is 4.79 Å². The van der Waals surface area contributed by atoms with Crippen molar-refractivity contribution in [3.63, 3.8) is 0 Å². The summed E-state index contributed by atoms with van der Waals surface area (Å²) >= 11 is 0. The molecule has 3 N–H and O–H groups in total. The zero-order valence-corrected chi connectivity index (χ0v) is 16.4. The fourth-order valence-electron chi connectivity index (χ4n) is 2.93. The van der Waals surface area contributed by atoms with Gasteiger partial charge in [0.2, 0.25) is 5.88 Å². The summed E-state index contributed by atoms with van der Waals surface area (Å²) in [6, 6.07) is 6.30. The van der Waals surface area contributed by atoms with Crippen molar-refractivity contribution >= 4 is 11.9 Å². The van der Waals surface area contributed by atoms with E-state index in [1.165, 1.54) is 25.3 Å². The highest BCUT2D eigenvalue weighted by Crippen LogP contribution is 2.42. The number of phenolic OH excluding ortho intramolecular Hbond substituents is 1. The maximum Gasteiger partial charge on any atom is 0.338 e. The second-order valence-corrected chi connectivity index (χ2v) is 5.90. The molecule has 1 aromatic carbocycles. The van der Waals surface area contributed by atoms with E-state index in [9.17, 15) is 20.0 Å². The van der Waals surface area contributed by atoms with Gasteiger partial charge in [0.25, 0.3) is 0 Å². The largest absolute Gasteiger partial charge is 0.504 e. The van der Waals surface area contributed by atoms with Crippen LogP contribution in [0.3, 0.4) is 0 Å². The van der Waals surface area contributed by atoms with E-state index in [1.807, 2.05) is 6.07 Å². The summed E-state index contributed by atoms with van der Waals surface area (Å²) in [5, 5.41) is 19.5. The van der Waals surface area contributed by atoms with Crippen molar-refractivity contribution in [3.8, 4) is 17.6 Å². The molecule has 1 aromatic rings. The molecule has 1 atom stereocenters. The third-order valence-electron chi connectivity index (χ3n) is 4.14. The monoisotopic (exact) mass is 402 g/mol. The molecule has 0 spiro atoms. The predicted molar refractivity (Wildman–Crippen MR) is 100 cm³/mol. The number of hydrogen-bond donors (Lipinski definition) is 2. The average molecular weight is 402 g/mol. The molecule has 0 amide bonds. The van der Waals surface area contributed by atoms with E-state index in [1.54, 1.807) is 13.8 Å². The maximum absolute atomic E-state index is 12.8. The number of nitriles is 1. The summed E-state index contributed by atoms with van der Waals surface area (Å²) in [7, 11) is 1.37. The Bertz CT molecular complexity index is 912. The molecule has 0 saturated heterocycles. The van der Waals surface area contributed by atoms with Crippen molar-refractivity contribution in [2.24, 2.45) is 5.73 Å². The Morgan fingerprint density at radius 1 is 1.28 bits per heavy atom. The number of aromatic hydroxyl groups is 1. The quantitative estimate of drug-likeness (QED) is 0.655. The molecule has 1 aliphatic rings. The van der Waals surface area contributed by atoms with Gasteiger partial charge in [-0.1, -0.05) is 6.07 Å². The molecule has 9 nitrogen and oxygen atoms in total. The Kier molecular flexibility index (Phi) is 7.09. The summed E-state index contributed by atoms with van der Waals surface area (Å²) in [4.78, 5) is 24.8. The molecular formula is C20H22N2O7. The van der Waals surface area contributed by atoms with Crippen LogP contribution in [-0.2, 0) is 23.8 Å². The van der Waals surface area contributed by atoms with Crippen LogP contribution in [-0.4, -0.2) is 37.4 Å². The Morgan fingerprint density at radius 2 is 1.97 bits per heavy atom. The van der Waals surface area contributed by atoms with Gasteiger partial charge in [0.1, 0.15) is 23.8 Å². The van der Waals surface area contributed by atoms with Gasteiger partial charge in [0.05, 0.1) is 31.8 Å².